The van der Waals surface area contributed by atoms with Gasteiger partial charge in [0.25, 0.3) is 0 Å². The molecule has 0 aromatic carbocycles. The van der Waals surface area contributed by atoms with Crippen molar-refractivity contribution in [3.63, 3.8) is 0 Å². The van der Waals surface area contributed by atoms with Crippen LogP contribution in [0.3, 0.4) is 0 Å². The molecule has 0 bridgehead atoms. The number of pyridine rings is 1. The summed E-state index contributed by atoms with van der Waals surface area (Å²) in [5.74, 6) is 0.109. The Kier molecular flexibility index (Phi) is 2.26. The number of rotatable bonds is 1. The Balaban J connectivity index is 2.29. The van der Waals surface area contributed by atoms with Gasteiger partial charge in [0.2, 0.25) is 5.43 Å². The molecule has 0 aliphatic carbocycles. The molecule has 0 radical (unpaired) electrons. The lowest BCUT2D eigenvalue weighted by Gasteiger charge is -2.22. The van der Waals surface area contributed by atoms with Crippen molar-refractivity contribution < 1.29 is 9.50 Å². The maximum absolute atomic E-state index is 13.4. The fourth-order valence-corrected chi connectivity index (χ4v) is 2.32. The SMILES string of the molecule is CC(F)c1cnc2n1CCn1ccc(=O)c(O)c1-2. The van der Waals surface area contributed by atoms with Crippen molar-refractivity contribution in [3.05, 3.63) is 34.4 Å². The molecular weight excluding hydrogens is 237 g/mol. The van der Waals surface area contributed by atoms with Gasteiger partial charge in [0, 0.05) is 25.4 Å². The normalized spacial score (nSPS) is 15.0. The van der Waals surface area contributed by atoms with Crippen LogP contribution < -0.4 is 5.43 Å². The Labute approximate surface area is 102 Å². The second-order valence-corrected chi connectivity index (χ2v) is 4.34. The molecule has 94 valence electrons. The Morgan fingerprint density at radius 2 is 2.28 bits per heavy atom. The number of nitrogens with zero attached hydrogens (tertiary/aromatic N) is 3. The fourth-order valence-electron chi connectivity index (χ4n) is 2.32. The van der Waals surface area contributed by atoms with Crippen LogP contribution >= 0.6 is 0 Å². The molecule has 3 heterocycles. The van der Waals surface area contributed by atoms with Crippen LogP contribution in [-0.2, 0) is 13.1 Å². The van der Waals surface area contributed by atoms with Crippen molar-refractivity contribution in [2.75, 3.05) is 0 Å². The van der Waals surface area contributed by atoms with E-state index in [-0.39, 0.29) is 5.75 Å². The van der Waals surface area contributed by atoms with Crippen LogP contribution in [-0.4, -0.2) is 19.2 Å². The van der Waals surface area contributed by atoms with Gasteiger partial charge < -0.3 is 14.2 Å². The van der Waals surface area contributed by atoms with Gasteiger partial charge in [-0.3, -0.25) is 4.79 Å². The molecule has 18 heavy (non-hydrogen) atoms. The van der Waals surface area contributed by atoms with Crippen LogP contribution in [0.4, 0.5) is 4.39 Å². The molecule has 0 saturated carbocycles. The van der Waals surface area contributed by atoms with Gasteiger partial charge in [-0.05, 0) is 6.92 Å². The Hall–Kier alpha value is -2.11. The third-order valence-electron chi connectivity index (χ3n) is 3.22. The zero-order chi connectivity index (χ0) is 12.9. The minimum Gasteiger partial charge on any atom is -0.503 e. The lowest BCUT2D eigenvalue weighted by Crippen LogP contribution is -2.21. The lowest BCUT2D eigenvalue weighted by molar-refractivity contribution is 0.348. The summed E-state index contributed by atoms with van der Waals surface area (Å²) >= 11 is 0. The summed E-state index contributed by atoms with van der Waals surface area (Å²) in [7, 11) is 0. The predicted molar refractivity (Wildman–Crippen MR) is 63.1 cm³/mol. The number of imidazole rings is 1. The topological polar surface area (TPSA) is 60.0 Å². The van der Waals surface area contributed by atoms with Gasteiger partial charge in [-0.15, -0.1) is 0 Å². The van der Waals surface area contributed by atoms with Gasteiger partial charge in [0.15, 0.2) is 11.6 Å². The van der Waals surface area contributed by atoms with Crippen LogP contribution in [0.5, 0.6) is 5.75 Å². The first-order valence-electron chi connectivity index (χ1n) is 5.72. The van der Waals surface area contributed by atoms with E-state index < -0.39 is 11.6 Å². The lowest BCUT2D eigenvalue weighted by atomic mass is 10.2. The summed E-state index contributed by atoms with van der Waals surface area (Å²) in [5, 5.41) is 9.86. The summed E-state index contributed by atoms with van der Waals surface area (Å²) in [6, 6.07) is 1.32. The largest absolute Gasteiger partial charge is 0.503 e. The van der Waals surface area contributed by atoms with Crippen molar-refractivity contribution in [3.8, 4) is 17.3 Å². The third kappa shape index (κ3) is 1.38. The highest BCUT2D eigenvalue weighted by Crippen LogP contribution is 2.31. The molecular formula is C12H12FN3O2. The molecule has 3 rings (SSSR count). The minimum atomic E-state index is -1.13. The maximum atomic E-state index is 13.4. The minimum absolute atomic E-state index is 0.331. The molecule has 0 saturated heterocycles. The quantitative estimate of drug-likeness (QED) is 0.832. The van der Waals surface area contributed by atoms with Gasteiger partial charge in [-0.1, -0.05) is 0 Å². The Morgan fingerprint density at radius 3 is 3.00 bits per heavy atom. The first-order valence-corrected chi connectivity index (χ1v) is 5.72. The van der Waals surface area contributed by atoms with Crippen LogP contribution in [0.25, 0.3) is 11.5 Å². The van der Waals surface area contributed by atoms with Gasteiger partial charge in [-0.2, -0.15) is 0 Å². The van der Waals surface area contributed by atoms with Gasteiger partial charge in [0.1, 0.15) is 11.9 Å². The average Bonchev–Trinajstić information content (AvgIpc) is 2.77. The number of aromatic nitrogens is 3. The number of halogens is 1. The molecule has 2 aromatic heterocycles. The van der Waals surface area contributed by atoms with E-state index in [1.165, 1.54) is 19.2 Å². The van der Waals surface area contributed by atoms with E-state index in [2.05, 4.69) is 4.98 Å². The van der Waals surface area contributed by atoms with Gasteiger partial charge >= 0.3 is 0 Å². The van der Waals surface area contributed by atoms with E-state index in [4.69, 9.17) is 0 Å². The molecule has 0 spiro atoms. The van der Waals surface area contributed by atoms with Crippen LogP contribution in [0, 0.1) is 0 Å². The monoisotopic (exact) mass is 249 g/mol. The number of fused-ring (bicyclic) bond motifs is 3. The average molecular weight is 249 g/mol. The summed E-state index contributed by atoms with van der Waals surface area (Å²) in [4.78, 5) is 15.6. The molecule has 1 aliphatic heterocycles. The van der Waals surface area contributed by atoms with Crippen LogP contribution in [0.2, 0.25) is 0 Å². The molecule has 5 nitrogen and oxygen atoms in total. The standard InChI is InChI=1S/C12H12FN3O2/c1-7(13)8-6-14-12-10-11(18)9(17)2-3-15(10)4-5-16(8)12/h2-3,6-7,18H,4-5H2,1H3. The van der Waals surface area contributed by atoms with E-state index in [0.717, 1.165) is 0 Å². The summed E-state index contributed by atoms with van der Waals surface area (Å²) < 4.78 is 16.9. The Bertz CT molecular complexity index is 672. The molecule has 1 unspecified atom stereocenters. The molecule has 1 N–H and O–H groups in total. The number of aryl methyl sites for hydroxylation is 1. The molecule has 1 atom stereocenters. The summed E-state index contributed by atoms with van der Waals surface area (Å²) in [6.45, 7) is 2.59. The van der Waals surface area contributed by atoms with Crippen LogP contribution in [0.1, 0.15) is 18.8 Å². The zero-order valence-electron chi connectivity index (χ0n) is 9.80. The zero-order valence-corrected chi connectivity index (χ0v) is 9.80. The van der Waals surface area contributed by atoms with Crippen LogP contribution in [0.15, 0.2) is 23.3 Å². The second-order valence-electron chi connectivity index (χ2n) is 4.34. The Morgan fingerprint density at radius 1 is 1.50 bits per heavy atom. The van der Waals surface area contributed by atoms with Gasteiger partial charge in [0.05, 0.1) is 11.9 Å². The highest BCUT2D eigenvalue weighted by molar-refractivity contribution is 5.61. The summed E-state index contributed by atoms with van der Waals surface area (Å²) in [6.07, 6.45) is 1.94. The van der Waals surface area contributed by atoms with Crippen molar-refractivity contribution in [2.45, 2.75) is 26.2 Å². The highest BCUT2D eigenvalue weighted by Gasteiger charge is 2.25. The smallest absolute Gasteiger partial charge is 0.223 e. The van der Waals surface area contributed by atoms with Crippen molar-refractivity contribution in [2.24, 2.45) is 0 Å². The van der Waals surface area contributed by atoms with Crippen molar-refractivity contribution in [1.82, 2.24) is 14.1 Å². The number of hydrogen-bond acceptors (Lipinski definition) is 3. The van der Waals surface area contributed by atoms with Crippen molar-refractivity contribution >= 4 is 0 Å². The molecule has 1 aliphatic rings. The highest BCUT2D eigenvalue weighted by atomic mass is 19.1. The van der Waals surface area contributed by atoms with E-state index >= 15 is 0 Å². The maximum Gasteiger partial charge on any atom is 0.223 e. The van der Waals surface area contributed by atoms with E-state index in [0.29, 0.717) is 30.3 Å². The fraction of sp³-hybridized carbons (Fsp3) is 0.333. The molecule has 6 heteroatoms. The molecule has 0 amide bonds. The predicted octanol–water partition coefficient (Wildman–Crippen LogP) is 1.46. The number of aromatic hydroxyl groups is 1. The first-order chi connectivity index (χ1) is 8.59. The van der Waals surface area contributed by atoms with E-state index in [9.17, 15) is 14.3 Å². The summed E-state index contributed by atoms with van der Waals surface area (Å²) in [5.41, 5.74) is 0.375. The number of hydrogen-bond donors (Lipinski definition) is 1. The second kappa shape index (κ2) is 3.69. The van der Waals surface area contributed by atoms with Crippen molar-refractivity contribution in [1.29, 1.82) is 0 Å². The van der Waals surface area contributed by atoms with Gasteiger partial charge in [-0.25, -0.2) is 9.37 Å². The molecule has 2 aromatic rings. The van der Waals surface area contributed by atoms with E-state index in [1.807, 2.05) is 0 Å². The first kappa shape index (κ1) is 11.0. The molecule has 0 fully saturated rings. The number of alkyl halides is 1. The third-order valence-corrected chi connectivity index (χ3v) is 3.22. The van der Waals surface area contributed by atoms with E-state index in [1.54, 1.807) is 15.3 Å².